The van der Waals surface area contributed by atoms with Crippen LogP contribution in [-0.4, -0.2) is 33.4 Å². The number of carbonyl (C=O) groups excluding carboxylic acids is 1. The number of hydrogen-bond donors (Lipinski definition) is 0. The second kappa shape index (κ2) is 9.04. The first-order valence-corrected chi connectivity index (χ1v) is 11.6. The lowest BCUT2D eigenvalue weighted by Crippen LogP contribution is -2.07. The smallest absolute Gasteiger partial charge is 0.192 e. The number of nitrogens with zero attached hydrogens (tertiary/aromatic N) is 3. The third-order valence-corrected chi connectivity index (χ3v) is 6.68. The summed E-state index contributed by atoms with van der Waals surface area (Å²) in [5.74, 6) is 2.70. The van der Waals surface area contributed by atoms with E-state index in [1.807, 2.05) is 47.0 Å². The standard InChI is InChI=1S/C25H23N3O3S/c1-30-21-11-9-18(10-12-21)24-26-27-25(28(24)15-22-6-3-13-31-22)32-16-23(29)20-8-7-17-4-2-5-19(17)14-20/h3,6-14H,2,4-5,15-16H2,1H3. The summed E-state index contributed by atoms with van der Waals surface area (Å²) in [5, 5.41) is 9.49. The molecule has 0 amide bonds. The van der Waals surface area contributed by atoms with Crippen molar-refractivity contribution in [2.45, 2.75) is 31.0 Å². The molecule has 7 heteroatoms. The summed E-state index contributed by atoms with van der Waals surface area (Å²) < 4.78 is 12.8. The second-order valence-corrected chi connectivity index (χ2v) is 8.69. The third kappa shape index (κ3) is 4.21. The van der Waals surface area contributed by atoms with Gasteiger partial charge in [0.15, 0.2) is 16.8 Å². The fraction of sp³-hybridized carbons (Fsp3) is 0.240. The van der Waals surface area contributed by atoms with E-state index in [0.717, 1.165) is 41.3 Å². The van der Waals surface area contributed by atoms with E-state index >= 15 is 0 Å². The van der Waals surface area contributed by atoms with Crippen LogP contribution in [0.25, 0.3) is 11.4 Å². The molecule has 0 saturated carbocycles. The van der Waals surface area contributed by atoms with E-state index in [0.29, 0.717) is 17.5 Å². The van der Waals surface area contributed by atoms with Gasteiger partial charge in [-0.25, -0.2) is 0 Å². The van der Waals surface area contributed by atoms with Crippen LogP contribution in [0.4, 0.5) is 0 Å². The van der Waals surface area contributed by atoms with Gasteiger partial charge in [0.25, 0.3) is 0 Å². The van der Waals surface area contributed by atoms with Crippen molar-refractivity contribution < 1.29 is 13.9 Å². The van der Waals surface area contributed by atoms with Gasteiger partial charge in [-0.05, 0) is 72.9 Å². The maximum atomic E-state index is 12.9. The second-order valence-electron chi connectivity index (χ2n) is 7.75. The van der Waals surface area contributed by atoms with Crippen LogP contribution >= 0.6 is 11.8 Å². The van der Waals surface area contributed by atoms with E-state index in [1.54, 1.807) is 13.4 Å². The molecule has 2 aromatic carbocycles. The zero-order chi connectivity index (χ0) is 21.9. The number of benzene rings is 2. The van der Waals surface area contributed by atoms with Gasteiger partial charge in [0.1, 0.15) is 11.5 Å². The summed E-state index contributed by atoms with van der Waals surface area (Å²) in [6.07, 6.45) is 5.00. The van der Waals surface area contributed by atoms with Gasteiger partial charge in [0.2, 0.25) is 0 Å². The largest absolute Gasteiger partial charge is 0.497 e. The molecule has 0 atom stereocenters. The number of ether oxygens (including phenoxy) is 1. The van der Waals surface area contributed by atoms with Gasteiger partial charge in [-0.3, -0.25) is 9.36 Å². The average Bonchev–Trinajstić information content (AvgIpc) is 3.59. The van der Waals surface area contributed by atoms with Gasteiger partial charge in [-0.15, -0.1) is 10.2 Å². The summed E-state index contributed by atoms with van der Waals surface area (Å²) in [4.78, 5) is 12.9. The molecule has 0 bridgehead atoms. The molecule has 5 rings (SSSR count). The van der Waals surface area contributed by atoms with E-state index in [9.17, 15) is 4.79 Å². The molecule has 0 fully saturated rings. The Morgan fingerprint density at radius 3 is 2.72 bits per heavy atom. The lowest BCUT2D eigenvalue weighted by molar-refractivity contribution is 0.102. The molecule has 2 heterocycles. The molecule has 1 aliphatic rings. The number of aromatic nitrogens is 3. The monoisotopic (exact) mass is 445 g/mol. The lowest BCUT2D eigenvalue weighted by atomic mass is 10.0. The number of ketones is 1. The number of rotatable bonds is 8. The van der Waals surface area contributed by atoms with E-state index in [2.05, 4.69) is 22.3 Å². The molecule has 32 heavy (non-hydrogen) atoms. The van der Waals surface area contributed by atoms with Crippen LogP contribution in [0.3, 0.4) is 0 Å². The van der Waals surface area contributed by atoms with Crippen LogP contribution in [0.5, 0.6) is 5.75 Å². The summed E-state index contributed by atoms with van der Waals surface area (Å²) in [5.41, 5.74) is 4.37. The Labute approximate surface area is 190 Å². The Bertz CT molecular complexity index is 1230. The predicted octanol–water partition coefficient (Wildman–Crippen LogP) is 5.06. The maximum Gasteiger partial charge on any atom is 0.192 e. The van der Waals surface area contributed by atoms with E-state index in [-0.39, 0.29) is 5.78 Å². The number of fused-ring (bicyclic) bond motifs is 1. The van der Waals surface area contributed by atoms with Crippen molar-refractivity contribution in [3.05, 3.63) is 83.3 Å². The molecule has 4 aromatic rings. The van der Waals surface area contributed by atoms with Gasteiger partial charge >= 0.3 is 0 Å². The number of Topliss-reactive ketones (excluding diaryl/α,β-unsaturated/α-hetero) is 1. The molecule has 162 valence electrons. The summed E-state index contributed by atoms with van der Waals surface area (Å²) in [6.45, 7) is 0.483. The highest BCUT2D eigenvalue weighted by Crippen LogP contribution is 2.28. The normalized spacial score (nSPS) is 12.7. The SMILES string of the molecule is COc1ccc(-c2nnc(SCC(=O)c3ccc4c(c3)CCC4)n2Cc2ccco2)cc1. The van der Waals surface area contributed by atoms with Gasteiger partial charge in [-0.1, -0.05) is 23.9 Å². The fourth-order valence-corrected chi connectivity index (χ4v) is 4.84. The van der Waals surface area contributed by atoms with Crippen molar-refractivity contribution in [2.24, 2.45) is 0 Å². The minimum Gasteiger partial charge on any atom is -0.497 e. The van der Waals surface area contributed by atoms with Crippen molar-refractivity contribution in [3.63, 3.8) is 0 Å². The molecule has 0 radical (unpaired) electrons. The van der Waals surface area contributed by atoms with Crippen LogP contribution in [0.1, 0.15) is 33.7 Å². The minimum atomic E-state index is 0.100. The number of furan rings is 1. The highest BCUT2D eigenvalue weighted by atomic mass is 32.2. The molecule has 0 spiro atoms. The van der Waals surface area contributed by atoms with Crippen LogP contribution in [-0.2, 0) is 19.4 Å². The van der Waals surface area contributed by atoms with Crippen LogP contribution in [0.2, 0.25) is 0 Å². The van der Waals surface area contributed by atoms with Crippen LogP contribution in [0.15, 0.2) is 70.4 Å². The van der Waals surface area contributed by atoms with Crippen molar-refractivity contribution in [2.75, 3.05) is 12.9 Å². The number of carbonyl (C=O) groups is 1. The fourth-order valence-electron chi connectivity index (χ4n) is 4.01. The zero-order valence-electron chi connectivity index (χ0n) is 17.8. The highest BCUT2D eigenvalue weighted by molar-refractivity contribution is 7.99. The number of methoxy groups -OCH3 is 1. The molecule has 6 nitrogen and oxygen atoms in total. The molecular formula is C25H23N3O3S. The quantitative estimate of drug-likeness (QED) is 0.279. The first kappa shape index (κ1) is 20.6. The van der Waals surface area contributed by atoms with Crippen LogP contribution < -0.4 is 4.74 Å². The molecular weight excluding hydrogens is 422 g/mol. The summed E-state index contributed by atoms with van der Waals surface area (Å²) in [7, 11) is 1.64. The van der Waals surface area contributed by atoms with E-state index < -0.39 is 0 Å². The highest BCUT2D eigenvalue weighted by Gasteiger charge is 2.19. The van der Waals surface area contributed by atoms with Crippen molar-refractivity contribution >= 4 is 17.5 Å². The molecule has 0 saturated heterocycles. The summed E-state index contributed by atoms with van der Waals surface area (Å²) >= 11 is 1.40. The molecule has 1 aliphatic carbocycles. The molecule has 0 N–H and O–H groups in total. The molecule has 0 aliphatic heterocycles. The van der Waals surface area contributed by atoms with Crippen molar-refractivity contribution in [1.82, 2.24) is 14.8 Å². The number of hydrogen-bond acceptors (Lipinski definition) is 6. The van der Waals surface area contributed by atoms with Gasteiger partial charge < -0.3 is 9.15 Å². The van der Waals surface area contributed by atoms with Gasteiger partial charge in [0, 0.05) is 11.1 Å². The van der Waals surface area contributed by atoms with E-state index in [1.165, 1.54) is 29.3 Å². The van der Waals surface area contributed by atoms with E-state index in [4.69, 9.17) is 9.15 Å². The summed E-state index contributed by atoms with van der Waals surface area (Å²) in [6, 6.07) is 17.6. The van der Waals surface area contributed by atoms with Crippen molar-refractivity contribution in [1.29, 1.82) is 0 Å². The molecule has 0 unspecified atom stereocenters. The molecule has 2 aromatic heterocycles. The Hall–Kier alpha value is -3.32. The average molecular weight is 446 g/mol. The Kier molecular flexibility index (Phi) is 5.81. The topological polar surface area (TPSA) is 70.2 Å². The van der Waals surface area contributed by atoms with Gasteiger partial charge in [-0.2, -0.15) is 0 Å². The van der Waals surface area contributed by atoms with Crippen LogP contribution in [0, 0.1) is 0 Å². The number of aryl methyl sites for hydroxylation is 2. The Morgan fingerprint density at radius 1 is 1.09 bits per heavy atom. The van der Waals surface area contributed by atoms with Gasteiger partial charge in [0.05, 0.1) is 25.7 Å². The third-order valence-electron chi connectivity index (χ3n) is 5.71. The number of thioether (sulfide) groups is 1. The first-order valence-electron chi connectivity index (χ1n) is 10.6. The Morgan fingerprint density at radius 2 is 1.94 bits per heavy atom. The Balaban J connectivity index is 1.39. The zero-order valence-corrected chi connectivity index (χ0v) is 18.6. The lowest BCUT2D eigenvalue weighted by Gasteiger charge is -2.09. The maximum absolute atomic E-state index is 12.9. The first-order chi connectivity index (χ1) is 15.7. The predicted molar refractivity (Wildman–Crippen MR) is 123 cm³/mol. The van der Waals surface area contributed by atoms with Crippen molar-refractivity contribution in [3.8, 4) is 17.1 Å². The minimum absolute atomic E-state index is 0.100.